The Morgan fingerprint density at radius 1 is 1.24 bits per heavy atom. The zero-order valence-corrected chi connectivity index (χ0v) is 19.3. The van der Waals surface area contributed by atoms with Gasteiger partial charge in [0, 0.05) is 43.3 Å². The molecule has 2 N–H and O–H groups in total. The van der Waals surface area contributed by atoms with E-state index in [-0.39, 0.29) is 24.4 Å². The lowest BCUT2D eigenvalue weighted by Crippen LogP contribution is -2.55. The molecule has 4 amide bonds. The molecule has 2 aromatic rings. The zero-order valence-electron chi connectivity index (χ0n) is 18.5. The van der Waals surface area contributed by atoms with Crippen LogP contribution in [0.25, 0.3) is 0 Å². The summed E-state index contributed by atoms with van der Waals surface area (Å²) in [5.41, 5.74) is -1.72. The minimum atomic E-state index is -4.56. The molecule has 2 aliphatic heterocycles. The number of amides is 4. The van der Waals surface area contributed by atoms with E-state index < -0.39 is 23.4 Å². The number of imide groups is 1. The van der Waals surface area contributed by atoms with Gasteiger partial charge in [0.05, 0.1) is 6.54 Å². The first kappa shape index (κ1) is 24.1. The number of pyridine rings is 1. The molecule has 1 spiro atoms. The van der Waals surface area contributed by atoms with E-state index in [0.29, 0.717) is 36.6 Å². The number of halogens is 3. The highest BCUT2D eigenvalue weighted by molar-refractivity contribution is 7.15. The third-order valence-electron chi connectivity index (χ3n) is 6.12. The summed E-state index contributed by atoms with van der Waals surface area (Å²) in [5, 5.41) is 5.99. The van der Waals surface area contributed by atoms with Gasteiger partial charge in [-0.2, -0.15) is 13.2 Å². The zero-order chi connectivity index (χ0) is 24.7. The summed E-state index contributed by atoms with van der Waals surface area (Å²) >= 11 is 1.39. The summed E-state index contributed by atoms with van der Waals surface area (Å²) in [6.07, 6.45) is -1.00. The lowest BCUT2D eigenvalue weighted by molar-refractivity contribution is -0.141. The second-order valence-corrected chi connectivity index (χ2v) is 9.48. The van der Waals surface area contributed by atoms with Gasteiger partial charge in [0.25, 0.3) is 5.91 Å². The standard InChI is InChI=1S/C21H23F3N6O3S/c1-12(15-10-26-18(34-15)27-13(2)31)29-7-5-20(6-8-29)17(32)30(19(33)28-20)11-14-3-4-16(25-9-14)21(22,23)24/h3-4,9-10,12H,5-8,11H2,1-2H3,(H,28,33)(H,26,27,31)/t12-/m1/s1. The predicted molar refractivity (Wildman–Crippen MR) is 117 cm³/mol. The van der Waals surface area contributed by atoms with Gasteiger partial charge in [0.15, 0.2) is 5.13 Å². The van der Waals surface area contributed by atoms with Crippen LogP contribution in [0, 0.1) is 0 Å². The van der Waals surface area contributed by atoms with Crippen molar-refractivity contribution in [3.63, 3.8) is 0 Å². The van der Waals surface area contributed by atoms with Crippen molar-refractivity contribution >= 4 is 34.3 Å². The molecule has 182 valence electrons. The fourth-order valence-corrected chi connectivity index (χ4v) is 5.14. The van der Waals surface area contributed by atoms with Crippen molar-refractivity contribution in [2.24, 2.45) is 0 Å². The Hall–Kier alpha value is -3.06. The van der Waals surface area contributed by atoms with Gasteiger partial charge in [0.1, 0.15) is 11.2 Å². The van der Waals surface area contributed by atoms with Crippen LogP contribution in [0.4, 0.5) is 23.1 Å². The number of carbonyl (C=O) groups is 3. The van der Waals surface area contributed by atoms with Gasteiger partial charge in [-0.3, -0.25) is 24.4 Å². The molecule has 0 aromatic carbocycles. The molecule has 13 heteroatoms. The number of carbonyl (C=O) groups excluding carboxylic acids is 3. The van der Waals surface area contributed by atoms with Crippen molar-refractivity contribution < 1.29 is 27.6 Å². The summed E-state index contributed by atoms with van der Waals surface area (Å²) in [4.78, 5) is 48.7. The van der Waals surface area contributed by atoms with E-state index in [4.69, 9.17) is 0 Å². The van der Waals surface area contributed by atoms with Crippen LogP contribution in [-0.4, -0.2) is 56.2 Å². The topological polar surface area (TPSA) is 108 Å². The Bertz CT molecular complexity index is 1100. The van der Waals surface area contributed by atoms with Gasteiger partial charge < -0.3 is 10.6 Å². The van der Waals surface area contributed by atoms with Crippen LogP contribution in [0.1, 0.15) is 48.9 Å². The van der Waals surface area contributed by atoms with Gasteiger partial charge in [-0.05, 0) is 31.4 Å². The minimum Gasteiger partial charge on any atom is -0.323 e. The van der Waals surface area contributed by atoms with E-state index in [1.807, 2.05) is 6.92 Å². The van der Waals surface area contributed by atoms with Gasteiger partial charge in [0.2, 0.25) is 5.91 Å². The highest BCUT2D eigenvalue weighted by Crippen LogP contribution is 2.36. The lowest BCUT2D eigenvalue weighted by atomic mass is 9.87. The molecule has 0 aliphatic carbocycles. The van der Waals surface area contributed by atoms with Crippen LogP contribution in [0.15, 0.2) is 24.5 Å². The van der Waals surface area contributed by atoms with Gasteiger partial charge >= 0.3 is 12.2 Å². The molecule has 2 fully saturated rings. The third-order valence-corrected chi connectivity index (χ3v) is 7.20. The third kappa shape index (κ3) is 4.75. The average Bonchev–Trinajstić information content (AvgIpc) is 3.32. The predicted octanol–water partition coefficient (Wildman–Crippen LogP) is 3.16. The quantitative estimate of drug-likeness (QED) is 0.616. The first-order valence-electron chi connectivity index (χ1n) is 10.6. The van der Waals surface area contributed by atoms with Crippen molar-refractivity contribution in [1.82, 2.24) is 25.1 Å². The van der Waals surface area contributed by atoms with Crippen molar-refractivity contribution in [1.29, 1.82) is 0 Å². The monoisotopic (exact) mass is 496 g/mol. The second kappa shape index (κ2) is 8.95. The Balaban J connectivity index is 1.38. The summed E-state index contributed by atoms with van der Waals surface area (Å²) in [5.74, 6) is -0.573. The number of thiazole rings is 1. The first-order chi connectivity index (χ1) is 16.0. The Morgan fingerprint density at radius 2 is 1.94 bits per heavy atom. The molecule has 2 saturated heterocycles. The van der Waals surface area contributed by atoms with E-state index in [0.717, 1.165) is 22.0 Å². The normalized spacial score (nSPS) is 19.4. The number of aromatic nitrogens is 2. The number of rotatable bonds is 5. The summed E-state index contributed by atoms with van der Waals surface area (Å²) in [7, 11) is 0. The highest BCUT2D eigenvalue weighted by Gasteiger charge is 2.52. The molecule has 2 aliphatic rings. The number of nitrogens with zero attached hydrogens (tertiary/aromatic N) is 4. The van der Waals surface area contributed by atoms with E-state index in [1.165, 1.54) is 24.3 Å². The SMILES string of the molecule is CC(=O)Nc1ncc([C@@H](C)N2CCC3(CC2)NC(=O)N(Cc2ccc(C(F)(F)F)nc2)C3=O)s1. The Kier molecular flexibility index (Phi) is 6.34. The summed E-state index contributed by atoms with van der Waals surface area (Å²) in [6, 6.07) is 1.50. The number of urea groups is 1. The van der Waals surface area contributed by atoms with Crippen molar-refractivity contribution in [2.75, 3.05) is 18.4 Å². The molecule has 34 heavy (non-hydrogen) atoms. The molecule has 9 nitrogen and oxygen atoms in total. The van der Waals surface area contributed by atoms with Crippen LogP contribution >= 0.6 is 11.3 Å². The van der Waals surface area contributed by atoms with E-state index in [1.54, 1.807) is 6.20 Å². The number of nitrogens with one attached hydrogen (secondary N) is 2. The largest absolute Gasteiger partial charge is 0.433 e. The van der Waals surface area contributed by atoms with Crippen LogP contribution in [0.2, 0.25) is 0 Å². The van der Waals surface area contributed by atoms with E-state index in [2.05, 4.69) is 25.5 Å². The molecular formula is C21H23F3N6O3S. The van der Waals surface area contributed by atoms with Gasteiger partial charge in [-0.25, -0.2) is 9.78 Å². The summed E-state index contributed by atoms with van der Waals surface area (Å²) in [6.45, 7) is 4.39. The van der Waals surface area contributed by atoms with Crippen LogP contribution in [0.3, 0.4) is 0 Å². The van der Waals surface area contributed by atoms with E-state index >= 15 is 0 Å². The molecule has 0 unspecified atom stereocenters. The number of likely N-dealkylation sites (tertiary alicyclic amines) is 1. The minimum absolute atomic E-state index is 0.0129. The molecule has 4 heterocycles. The smallest absolute Gasteiger partial charge is 0.323 e. The molecule has 4 rings (SSSR count). The van der Waals surface area contributed by atoms with Gasteiger partial charge in [-0.1, -0.05) is 6.07 Å². The highest BCUT2D eigenvalue weighted by atomic mass is 32.1. The molecule has 0 radical (unpaired) electrons. The van der Waals surface area contributed by atoms with Crippen LogP contribution in [0.5, 0.6) is 0 Å². The van der Waals surface area contributed by atoms with E-state index in [9.17, 15) is 27.6 Å². The Morgan fingerprint density at radius 3 is 2.53 bits per heavy atom. The molecule has 2 aromatic heterocycles. The van der Waals surface area contributed by atoms with Crippen molar-refractivity contribution in [3.05, 3.63) is 40.7 Å². The maximum atomic E-state index is 13.2. The maximum absolute atomic E-state index is 13.2. The second-order valence-electron chi connectivity index (χ2n) is 8.41. The van der Waals surface area contributed by atoms with Crippen LogP contribution < -0.4 is 10.6 Å². The average molecular weight is 497 g/mol. The number of hydrogen-bond donors (Lipinski definition) is 2. The van der Waals surface area contributed by atoms with Crippen LogP contribution in [-0.2, 0) is 22.3 Å². The fraction of sp³-hybridized carbons (Fsp3) is 0.476. The molecule has 0 bridgehead atoms. The number of anilines is 1. The van der Waals surface area contributed by atoms with Gasteiger partial charge in [-0.15, -0.1) is 11.3 Å². The first-order valence-corrected chi connectivity index (χ1v) is 11.4. The summed E-state index contributed by atoms with van der Waals surface area (Å²) < 4.78 is 38.2. The number of piperidine rings is 1. The fourth-order valence-electron chi connectivity index (χ4n) is 4.19. The Labute approximate surface area is 197 Å². The number of hydrogen-bond acceptors (Lipinski definition) is 7. The number of alkyl halides is 3. The lowest BCUT2D eigenvalue weighted by Gasteiger charge is -2.39. The van der Waals surface area contributed by atoms with Crippen molar-refractivity contribution in [2.45, 2.75) is 51.0 Å². The van der Waals surface area contributed by atoms with Crippen molar-refractivity contribution in [3.8, 4) is 0 Å². The maximum Gasteiger partial charge on any atom is 0.433 e. The molecule has 0 saturated carbocycles. The molecular weight excluding hydrogens is 473 g/mol. The molecule has 1 atom stereocenters.